The third kappa shape index (κ3) is 3.98. The van der Waals surface area contributed by atoms with Gasteiger partial charge in [0.2, 0.25) is 0 Å². The van der Waals surface area contributed by atoms with Crippen LogP contribution in [0.1, 0.15) is 36.7 Å². The molecule has 34 heavy (non-hydrogen) atoms. The van der Waals surface area contributed by atoms with Crippen LogP contribution < -0.4 is 15.4 Å². The summed E-state index contributed by atoms with van der Waals surface area (Å²) in [7, 11) is 0. The van der Waals surface area contributed by atoms with Crippen molar-refractivity contribution in [3.05, 3.63) is 88.1 Å². The summed E-state index contributed by atoms with van der Waals surface area (Å²) in [5.41, 5.74) is 3.10. The summed E-state index contributed by atoms with van der Waals surface area (Å²) in [6, 6.07) is 15.8. The first-order chi connectivity index (χ1) is 16.5. The van der Waals surface area contributed by atoms with Gasteiger partial charge in [0.05, 0.1) is 29.1 Å². The van der Waals surface area contributed by atoms with Gasteiger partial charge in [0, 0.05) is 22.8 Å². The van der Waals surface area contributed by atoms with Gasteiger partial charge in [0.25, 0.3) is 11.8 Å². The number of thiazole rings is 1. The molecule has 8 nitrogen and oxygen atoms in total. The average Bonchev–Trinajstić information content (AvgIpc) is 3.28. The van der Waals surface area contributed by atoms with Gasteiger partial charge in [-0.1, -0.05) is 12.1 Å². The zero-order chi connectivity index (χ0) is 23.7. The molecule has 1 aliphatic rings. The van der Waals surface area contributed by atoms with Crippen molar-refractivity contribution >= 4 is 28.8 Å². The van der Waals surface area contributed by atoms with Crippen LogP contribution in [0.25, 0.3) is 10.7 Å². The molecular formula is C25H17N5O3S. The highest BCUT2D eigenvalue weighted by atomic mass is 32.1. The Morgan fingerprint density at radius 1 is 1.12 bits per heavy atom. The fourth-order valence-electron chi connectivity index (χ4n) is 3.57. The lowest BCUT2D eigenvalue weighted by Gasteiger charge is -2.14. The number of fused-ring (bicyclic) bond motifs is 2. The Labute approximate surface area is 198 Å². The summed E-state index contributed by atoms with van der Waals surface area (Å²) in [6.45, 7) is 2.06. The molecule has 4 aromatic rings. The van der Waals surface area contributed by atoms with Crippen LogP contribution in [0.2, 0.25) is 0 Å². The number of amides is 2. The first kappa shape index (κ1) is 21.3. The standard InChI is InChI=1S/C25H17N5O3S/c1-14-17(7-9-21-22(14)30-24(32)18-4-2-3-5-20(18)33-21)23(31)28-12-16-13-29-25(34-16)19-8-6-15(10-26)11-27-19/h2-9,11,13H,12H2,1H3,(H,28,31)(H,30,32). The van der Waals surface area contributed by atoms with Gasteiger partial charge >= 0.3 is 0 Å². The number of hydrogen-bond donors (Lipinski definition) is 2. The highest BCUT2D eigenvalue weighted by Crippen LogP contribution is 2.38. The largest absolute Gasteiger partial charge is 0.454 e. The van der Waals surface area contributed by atoms with Gasteiger partial charge in [-0.15, -0.1) is 11.3 Å². The van der Waals surface area contributed by atoms with E-state index < -0.39 is 0 Å². The first-order valence-electron chi connectivity index (χ1n) is 10.3. The third-order valence-corrected chi connectivity index (χ3v) is 6.37. The minimum atomic E-state index is -0.288. The summed E-state index contributed by atoms with van der Waals surface area (Å²) in [5.74, 6) is 0.383. The molecule has 2 aromatic heterocycles. The monoisotopic (exact) mass is 467 g/mol. The summed E-state index contributed by atoms with van der Waals surface area (Å²) in [4.78, 5) is 35.1. The van der Waals surface area contributed by atoms with Gasteiger partial charge < -0.3 is 15.4 Å². The molecule has 0 atom stereocenters. The molecule has 166 valence electrons. The fraction of sp³-hybridized carbons (Fsp3) is 0.0800. The van der Waals surface area contributed by atoms with E-state index >= 15 is 0 Å². The number of aromatic nitrogens is 2. The summed E-state index contributed by atoms with van der Waals surface area (Å²) in [6.07, 6.45) is 3.19. The molecule has 1 aliphatic heterocycles. The van der Waals surface area contributed by atoms with Crippen LogP contribution in [0.15, 0.2) is 60.9 Å². The molecule has 0 unspecified atom stereocenters. The predicted octanol–water partition coefficient (Wildman–Crippen LogP) is 4.67. The second-order valence-corrected chi connectivity index (χ2v) is 8.64. The van der Waals surface area contributed by atoms with E-state index in [2.05, 4.69) is 20.6 Å². The number of rotatable bonds is 4. The second kappa shape index (κ2) is 8.77. The summed E-state index contributed by atoms with van der Waals surface area (Å²) < 4.78 is 5.93. The van der Waals surface area contributed by atoms with Crippen molar-refractivity contribution in [2.75, 3.05) is 5.32 Å². The van der Waals surface area contributed by atoms with Crippen molar-refractivity contribution in [2.45, 2.75) is 13.5 Å². The molecule has 0 aliphatic carbocycles. The van der Waals surface area contributed by atoms with E-state index in [1.54, 1.807) is 61.7 Å². The van der Waals surface area contributed by atoms with Crippen LogP contribution in [-0.2, 0) is 6.54 Å². The van der Waals surface area contributed by atoms with Crippen molar-refractivity contribution in [3.63, 3.8) is 0 Å². The van der Waals surface area contributed by atoms with Gasteiger partial charge in [-0.25, -0.2) is 4.98 Å². The number of benzene rings is 2. The minimum Gasteiger partial charge on any atom is -0.454 e. The predicted molar refractivity (Wildman–Crippen MR) is 127 cm³/mol. The molecule has 2 amide bonds. The number of pyridine rings is 1. The zero-order valence-corrected chi connectivity index (χ0v) is 18.8. The molecule has 0 fully saturated rings. The fourth-order valence-corrected chi connectivity index (χ4v) is 4.40. The smallest absolute Gasteiger partial charge is 0.259 e. The van der Waals surface area contributed by atoms with Gasteiger partial charge in [0.1, 0.15) is 16.8 Å². The number of carbonyl (C=O) groups excluding carboxylic acids is 2. The normalized spacial score (nSPS) is 11.8. The van der Waals surface area contributed by atoms with E-state index in [9.17, 15) is 9.59 Å². The first-order valence-corrected chi connectivity index (χ1v) is 11.2. The quantitative estimate of drug-likeness (QED) is 0.450. The number of anilines is 1. The molecule has 9 heteroatoms. The molecule has 0 bridgehead atoms. The number of para-hydroxylation sites is 1. The van der Waals surface area contributed by atoms with Gasteiger partial charge in [-0.3, -0.25) is 14.6 Å². The van der Waals surface area contributed by atoms with E-state index in [1.165, 1.54) is 17.5 Å². The molecule has 2 N–H and O–H groups in total. The Balaban J connectivity index is 1.32. The topological polar surface area (TPSA) is 117 Å². The maximum atomic E-state index is 12.9. The molecule has 0 spiro atoms. The van der Waals surface area contributed by atoms with Crippen LogP contribution in [0.4, 0.5) is 5.69 Å². The van der Waals surface area contributed by atoms with E-state index in [0.29, 0.717) is 50.1 Å². The Morgan fingerprint density at radius 3 is 2.76 bits per heavy atom. The molecular weight excluding hydrogens is 450 g/mol. The number of nitrogens with one attached hydrogen (secondary N) is 2. The van der Waals surface area contributed by atoms with Crippen LogP contribution in [0.3, 0.4) is 0 Å². The number of ether oxygens (including phenoxy) is 1. The molecule has 0 radical (unpaired) electrons. The number of hydrogen-bond acceptors (Lipinski definition) is 7. The summed E-state index contributed by atoms with van der Waals surface area (Å²) >= 11 is 1.41. The molecule has 2 aromatic carbocycles. The van der Waals surface area contributed by atoms with Crippen LogP contribution in [0, 0.1) is 18.3 Å². The lowest BCUT2D eigenvalue weighted by atomic mass is 10.0. The number of carbonyl (C=O) groups is 2. The lowest BCUT2D eigenvalue weighted by Crippen LogP contribution is -2.23. The van der Waals surface area contributed by atoms with E-state index in [1.807, 2.05) is 6.07 Å². The molecule has 3 heterocycles. The molecule has 0 saturated carbocycles. The van der Waals surface area contributed by atoms with Crippen molar-refractivity contribution in [1.29, 1.82) is 5.26 Å². The lowest BCUT2D eigenvalue weighted by molar-refractivity contribution is 0.0949. The average molecular weight is 468 g/mol. The minimum absolute atomic E-state index is 0.275. The van der Waals surface area contributed by atoms with Gasteiger partial charge in [0.15, 0.2) is 5.75 Å². The SMILES string of the molecule is Cc1c(C(=O)NCc2cnc(-c3ccc(C#N)cn3)s2)ccc2c1NC(=O)c1ccccc1O2. The van der Waals surface area contributed by atoms with Crippen molar-refractivity contribution < 1.29 is 14.3 Å². The number of nitriles is 1. The van der Waals surface area contributed by atoms with Crippen molar-refractivity contribution in [3.8, 4) is 28.3 Å². The van der Waals surface area contributed by atoms with Crippen molar-refractivity contribution in [2.24, 2.45) is 0 Å². The Kier molecular flexibility index (Phi) is 5.49. The van der Waals surface area contributed by atoms with Crippen LogP contribution in [-0.4, -0.2) is 21.8 Å². The van der Waals surface area contributed by atoms with E-state index in [-0.39, 0.29) is 18.4 Å². The zero-order valence-electron chi connectivity index (χ0n) is 18.0. The Bertz CT molecular complexity index is 1470. The number of nitrogens with zero attached hydrogens (tertiary/aromatic N) is 3. The maximum Gasteiger partial charge on any atom is 0.259 e. The Morgan fingerprint density at radius 2 is 1.97 bits per heavy atom. The van der Waals surface area contributed by atoms with Gasteiger partial charge in [-0.05, 0) is 48.9 Å². The molecule has 0 saturated heterocycles. The van der Waals surface area contributed by atoms with Crippen molar-refractivity contribution in [1.82, 2.24) is 15.3 Å². The maximum absolute atomic E-state index is 12.9. The third-order valence-electron chi connectivity index (χ3n) is 5.35. The Hall–Kier alpha value is -4.55. The van der Waals surface area contributed by atoms with E-state index in [0.717, 1.165) is 4.88 Å². The second-order valence-electron chi connectivity index (χ2n) is 7.52. The van der Waals surface area contributed by atoms with E-state index in [4.69, 9.17) is 10.00 Å². The van der Waals surface area contributed by atoms with Crippen LogP contribution in [0.5, 0.6) is 11.5 Å². The molecule has 5 rings (SSSR count). The van der Waals surface area contributed by atoms with Gasteiger partial charge in [-0.2, -0.15) is 5.26 Å². The summed E-state index contributed by atoms with van der Waals surface area (Å²) in [5, 5.41) is 15.4. The van der Waals surface area contributed by atoms with Crippen LogP contribution >= 0.6 is 11.3 Å². The highest BCUT2D eigenvalue weighted by molar-refractivity contribution is 7.15. The highest BCUT2D eigenvalue weighted by Gasteiger charge is 2.24.